The van der Waals surface area contributed by atoms with E-state index < -0.39 is 6.10 Å². The number of nitrogens with zero attached hydrogens (tertiary/aromatic N) is 2. The van der Waals surface area contributed by atoms with Crippen molar-refractivity contribution in [3.8, 4) is 5.75 Å². The molecule has 1 N–H and O–H groups in total. The topological polar surface area (TPSA) is 54.7 Å². The minimum atomic E-state index is -0.699. The number of methoxy groups -OCH3 is 1. The molecule has 2 aliphatic rings. The van der Waals surface area contributed by atoms with Gasteiger partial charge in [0.2, 0.25) is 5.43 Å². The van der Waals surface area contributed by atoms with Crippen LogP contribution in [0.3, 0.4) is 0 Å². The van der Waals surface area contributed by atoms with Crippen LogP contribution in [0.25, 0.3) is 0 Å². The van der Waals surface area contributed by atoms with Crippen molar-refractivity contribution in [2.75, 3.05) is 20.7 Å². The molecule has 6 heteroatoms. The number of aliphatic hydroxyl groups is 1. The summed E-state index contributed by atoms with van der Waals surface area (Å²) in [7, 11) is 3.59. The summed E-state index contributed by atoms with van der Waals surface area (Å²) in [5.74, 6) is 0.254. The number of aliphatic hydroxyl groups excluding tert-OH is 1. The summed E-state index contributed by atoms with van der Waals surface area (Å²) in [5.41, 5.74) is 0.161. The molecule has 1 aromatic heterocycles. The van der Waals surface area contributed by atoms with Gasteiger partial charge >= 0.3 is 0 Å². The van der Waals surface area contributed by atoms with Gasteiger partial charge in [0.15, 0.2) is 5.75 Å². The number of ether oxygens (including phenoxy) is 1. The fraction of sp³-hybridized carbons (Fsp3) is 0.667. The highest BCUT2D eigenvalue weighted by molar-refractivity contribution is 9.10. The number of aromatic nitrogens is 1. The number of piperidine rings is 1. The second-order valence-electron chi connectivity index (χ2n) is 6.39. The molecule has 5 nitrogen and oxygen atoms in total. The van der Waals surface area contributed by atoms with E-state index in [0.29, 0.717) is 10.2 Å². The van der Waals surface area contributed by atoms with Crippen LogP contribution < -0.4 is 10.2 Å². The van der Waals surface area contributed by atoms with Crippen molar-refractivity contribution >= 4 is 15.9 Å². The Balaban J connectivity index is 2.21. The monoisotopic (exact) mass is 356 g/mol. The average Bonchev–Trinajstić information content (AvgIpc) is 2.44. The summed E-state index contributed by atoms with van der Waals surface area (Å²) in [6.07, 6.45) is 3.08. The van der Waals surface area contributed by atoms with Gasteiger partial charge in [0.1, 0.15) is 6.10 Å². The standard InChI is InChI=1S/C15H21BrN2O3/c1-15-5-4-6-17(2)10(15)8-18-7-9(16)12(19)13(21-3)11(18)14(15)20/h7,10,14,20H,4-6,8H2,1-3H3/t10?,14?,15-/m0/s1. The molecule has 2 unspecified atom stereocenters. The first kappa shape index (κ1) is 15.1. The zero-order valence-corrected chi connectivity index (χ0v) is 14.2. The molecule has 0 aromatic carbocycles. The molecule has 2 aliphatic heterocycles. The normalized spacial score (nSPS) is 32.4. The van der Waals surface area contributed by atoms with Gasteiger partial charge in [-0.25, -0.2) is 0 Å². The second kappa shape index (κ2) is 5.11. The van der Waals surface area contributed by atoms with Gasteiger partial charge in [-0.1, -0.05) is 6.92 Å². The van der Waals surface area contributed by atoms with Crippen LogP contribution in [0.15, 0.2) is 15.5 Å². The molecule has 3 heterocycles. The van der Waals surface area contributed by atoms with Crippen molar-refractivity contribution in [1.82, 2.24) is 9.47 Å². The van der Waals surface area contributed by atoms with Crippen molar-refractivity contribution < 1.29 is 9.84 Å². The lowest BCUT2D eigenvalue weighted by molar-refractivity contribution is -0.0862. The van der Waals surface area contributed by atoms with Crippen LogP contribution in [-0.2, 0) is 6.54 Å². The van der Waals surface area contributed by atoms with E-state index in [1.54, 1.807) is 6.20 Å². The van der Waals surface area contributed by atoms with E-state index in [0.717, 1.165) is 25.9 Å². The van der Waals surface area contributed by atoms with E-state index in [-0.39, 0.29) is 22.6 Å². The van der Waals surface area contributed by atoms with E-state index in [1.807, 2.05) is 4.57 Å². The van der Waals surface area contributed by atoms with Gasteiger partial charge in [-0.3, -0.25) is 4.79 Å². The van der Waals surface area contributed by atoms with Crippen molar-refractivity contribution in [3.05, 3.63) is 26.6 Å². The maximum Gasteiger partial charge on any atom is 0.237 e. The van der Waals surface area contributed by atoms with Crippen molar-refractivity contribution in [3.63, 3.8) is 0 Å². The molecule has 0 amide bonds. The molecule has 1 aromatic rings. The van der Waals surface area contributed by atoms with Gasteiger partial charge in [-0.15, -0.1) is 0 Å². The van der Waals surface area contributed by atoms with Crippen LogP contribution in [0.2, 0.25) is 0 Å². The maximum atomic E-state index is 12.2. The maximum absolute atomic E-state index is 12.2. The van der Waals surface area contributed by atoms with E-state index >= 15 is 0 Å². The number of fused-ring (bicyclic) bond motifs is 2. The third kappa shape index (κ3) is 2.07. The predicted molar refractivity (Wildman–Crippen MR) is 83.7 cm³/mol. The lowest BCUT2D eigenvalue weighted by atomic mass is 9.67. The van der Waals surface area contributed by atoms with Gasteiger partial charge in [0, 0.05) is 24.2 Å². The molecular formula is C15H21BrN2O3. The van der Waals surface area contributed by atoms with Gasteiger partial charge in [0.25, 0.3) is 0 Å². The summed E-state index contributed by atoms with van der Waals surface area (Å²) in [5, 5.41) is 11.0. The quantitative estimate of drug-likeness (QED) is 0.832. The van der Waals surface area contributed by atoms with E-state index in [9.17, 15) is 9.90 Å². The summed E-state index contributed by atoms with van der Waals surface area (Å²) < 4.78 is 7.74. The highest BCUT2D eigenvalue weighted by Crippen LogP contribution is 2.50. The molecule has 3 rings (SSSR count). The molecule has 1 fully saturated rings. The van der Waals surface area contributed by atoms with Gasteiger partial charge in [-0.2, -0.15) is 0 Å². The second-order valence-corrected chi connectivity index (χ2v) is 7.24. The fourth-order valence-corrected chi connectivity index (χ4v) is 4.38. The highest BCUT2D eigenvalue weighted by Gasteiger charge is 2.50. The first-order valence-electron chi connectivity index (χ1n) is 7.25. The van der Waals surface area contributed by atoms with Crippen LogP contribution in [0.4, 0.5) is 0 Å². The Hall–Kier alpha value is -0.850. The van der Waals surface area contributed by atoms with Gasteiger partial charge in [0.05, 0.1) is 17.3 Å². The Bertz CT molecular complexity index is 630. The molecular weight excluding hydrogens is 336 g/mol. The summed E-state index contributed by atoms with van der Waals surface area (Å²) in [6, 6.07) is 0.257. The van der Waals surface area contributed by atoms with Crippen LogP contribution in [0, 0.1) is 5.41 Å². The van der Waals surface area contributed by atoms with E-state index in [1.165, 1.54) is 7.11 Å². The third-order valence-corrected chi connectivity index (χ3v) is 5.78. The Morgan fingerprint density at radius 1 is 1.52 bits per heavy atom. The number of likely N-dealkylation sites (N-methyl/N-ethyl adjacent to an activating group) is 1. The zero-order chi connectivity index (χ0) is 15.4. The number of likely N-dealkylation sites (tertiary alicyclic amines) is 1. The molecule has 0 saturated carbocycles. The number of pyridine rings is 1. The summed E-state index contributed by atoms with van der Waals surface area (Å²) in [4.78, 5) is 14.6. The molecule has 0 spiro atoms. The molecule has 1 saturated heterocycles. The van der Waals surface area contributed by atoms with Crippen LogP contribution in [0.1, 0.15) is 31.6 Å². The van der Waals surface area contributed by atoms with Crippen LogP contribution in [-0.4, -0.2) is 41.3 Å². The molecule has 0 radical (unpaired) electrons. The van der Waals surface area contributed by atoms with Crippen LogP contribution in [0.5, 0.6) is 5.75 Å². The summed E-state index contributed by atoms with van der Waals surface area (Å²) in [6.45, 7) is 3.92. The van der Waals surface area contributed by atoms with Gasteiger partial charge < -0.3 is 19.3 Å². The Morgan fingerprint density at radius 2 is 2.24 bits per heavy atom. The van der Waals surface area contributed by atoms with Gasteiger partial charge in [-0.05, 0) is 42.4 Å². The van der Waals surface area contributed by atoms with Crippen LogP contribution >= 0.6 is 15.9 Å². The van der Waals surface area contributed by atoms with E-state index in [2.05, 4.69) is 34.8 Å². The Morgan fingerprint density at radius 3 is 2.90 bits per heavy atom. The van der Waals surface area contributed by atoms with Crippen molar-refractivity contribution in [2.45, 2.75) is 38.5 Å². The average molecular weight is 357 g/mol. The molecule has 116 valence electrons. The SMILES string of the molecule is COc1c2n(cc(Br)c1=O)CC1N(C)CCC[C@]1(C)C2O. The molecule has 3 atom stereocenters. The third-order valence-electron chi connectivity index (χ3n) is 5.21. The lowest BCUT2D eigenvalue weighted by Gasteiger charge is -2.53. The first-order valence-corrected chi connectivity index (χ1v) is 8.04. The first-order chi connectivity index (χ1) is 9.90. The molecule has 21 heavy (non-hydrogen) atoms. The smallest absolute Gasteiger partial charge is 0.237 e. The fourth-order valence-electron chi connectivity index (χ4n) is 3.95. The largest absolute Gasteiger partial charge is 0.491 e. The number of halogens is 1. The van der Waals surface area contributed by atoms with E-state index in [4.69, 9.17) is 4.74 Å². The summed E-state index contributed by atoms with van der Waals surface area (Å²) >= 11 is 3.29. The number of hydrogen-bond acceptors (Lipinski definition) is 4. The van der Waals surface area contributed by atoms with Crippen molar-refractivity contribution in [2.24, 2.45) is 5.41 Å². The molecule has 0 bridgehead atoms. The number of hydrogen-bond donors (Lipinski definition) is 1. The minimum Gasteiger partial charge on any atom is -0.491 e. The minimum absolute atomic E-state index is 0.200. The zero-order valence-electron chi connectivity index (χ0n) is 12.6. The van der Waals surface area contributed by atoms with Crippen molar-refractivity contribution in [1.29, 1.82) is 0 Å². The highest BCUT2D eigenvalue weighted by atomic mass is 79.9. The number of rotatable bonds is 1. The Labute approximate surface area is 132 Å². The lowest BCUT2D eigenvalue weighted by Crippen LogP contribution is -2.57. The predicted octanol–water partition coefficient (Wildman–Crippen LogP) is 1.77. The molecule has 0 aliphatic carbocycles. The Kier molecular flexibility index (Phi) is 3.66.